The zero-order chi connectivity index (χ0) is 10.6. The molecular formula is C8H10ClFN2O3. The van der Waals surface area contributed by atoms with E-state index >= 15 is 0 Å². The van der Waals surface area contributed by atoms with E-state index in [2.05, 4.69) is 0 Å². The maximum absolute atomic E-state index is 12.6. The summed E-state index contributed by atoms with van der Waals surface area (Å²) < 4.78 is 17.6. The van der Waals surface area contributed by atoms with Crippen LogP contribution in [0.25, 0.3) is 0 Å². The van der Waals surface area contributed by atoms with Gasteiger partial charge in [-0.3, -0.25) is 10.1 Å². The Hall–Kier alpha value is -1.40. The number of rotatable bonds is 4. The van der Waals surface area contributed by atoms with Crippen LogP contribution < -0.4 is 10.5 Å². The van der Waals surface area contributed by atoms with Crippen molar-refractivity contribution in [3.05, 3.63) is 34.1 Å². The Morgan fingerprint density at radius 2 is 2.20 bits per heavy atom. The van der Waals surface area contributed by atoms with Crippen molar-refractivity contribution in [2.45, 2.75) is 0 Å². The van der Waals surface area contributed by atoms with E-state index in [1.807, 2.05) is 0 Å². The summed E-state index contributed by atoms with van der Waals surface area (Å²) in [5.41, 5.74) is 4.77. The molecule has 0 aliphatic carbocycles. The zero-order valence-electron chi connectivity index (χ0n) is 7.68. The van der Waals surface area contributed by atoms with E-state index < -0.39 is 16.4 Å². The second kappa shape index (κ2) is 6.15. The summed E-state index contributed by atoms with van der Waals surface area (Å²) in [4.78, 5) is 9.77. The molecule has 1 rings (SSSR count). The summed E-state index contributed by atoms with van der Waals surface area (Å²) in [7, 11) is 0. The predicted molar refractivity (Wildman–Crippen MR) is 54.9 cm³/mol. The molecule has 1 aromatic rings. The minimum Gasteiger partial charge on any atom is -0.485 e. The topological polar surface area (TPSA) is 78.4 Å². The summed E-state index contributed by atoms with van der Waals surface area (Å²) >= 11 is 0. The molecule has 0 bridgehead atoms. The van der Waals surface area contributed by atoms with Gasteiger partial charge in [-0.1, -0.05) is 0 Å². The van der Waals surface area contributed by atoms with Gasteiger partial charge < -0.3 is 10.5 Å². The first-order valence-electron chi connectivity index (χ1n) is 3.92. The SMILES string of the molecule is Cl.NCCOc1ccc(F)cc1[N+](=O)[O-]. The lowest BCUT2D eigenvalue weighted by molar-refractivity contribution is -0.386. The summed E-state index contributed by atoms with van der Waals surface area (Å²) in [6.07, 6.45) is 0. The van der Waals surface area contributed by atoms with Gasteiger partial charge in [-0.15, -0.1) is 12.4 Å². The maximum Gasteiger partial charge on any atom is 0.313 e. The first kappa shape index (κ1) is 13.6. The average molecular weight is 237 g/mol. The van der Waals surface area contributed by atoms with Crippen LogP contribution in [0.1, 0.15) is 0 Å². The van der Waals surface area contributed by atoms with Gasteiger partial charge in [-0.2, -0.15) is 0 Å². The molecule has 1 aromatic carbocycles. The molecule has 0 amide bonds. The lowest BCUT2D eigenvalue weighted by Crippen LogP contribution is -2.11. The Labute approximate surface area is 91.6 Å². The van der Waals surface area contributed by atoms with Crippen LogP contribution in [0.3, 0.4) is 0 Å². The fourth-order valence-corrected chi connectivity index (χ4v) is 0.924. The fraction of sp³-hybridized carbons (Fsp3) is 0.250. The fourth-order valence-electron chi connectivity index (χ4n) is 0.924. The highest BCUT2D eigenvalue weighted by Crippen LogP contribution is 2.27. The van der Waals surface area contributed by atoms with E-state index in [1.165, 1.54) is 6.07 Å². The Morgan fingerprint density at radius 1 is 1.53 bits per heavy atom. The summed E-state index contributed by atoms with van der Waals surface area (Å²) in [5, 5.41) is 10.5. The third-order valence-electron chi connectivity index (χ3n) is 1.49. The highest BCUT2D eigenvalue weighted by molar-refractivity contribution is 5.85. The second-order valence-electron chi connectivity index (χ2n) is 2.51. The van der Waals surface area contributed by atoms with Gasteiger partial charge in [0.05, 0.1) is 11.0 Å². The van der Waals surface area contributed by atoms with Gasteiger partial charge in [0.15, 0.2) is 5.75 Å². The van der Waals surface area contributed by atoms with Gasteiger partial charge in [0, 0.05) is 6.54 Å². The molecule has 7 heteroatoms. The number of nitro benzene ring substituents is 1. The number of hydrogen-bond donors (Lipinski definition) is 1. The van der Waals surface area contributed by atoms with E-state index in [-0.39, 0.29) is 31.3 Å². The van der Waals surface area contributed by atoms with E-state index in [0.717, 1.165) is 12.1 Å². The molecule has 0 fully saturated rings. The molecule has 0 aliphatic heterocycles. The third kappa shape index (κ3) is 3.69. The molecule has 0 radical (unpaired) electrons. The van der Waals surface area contributed by atoms with Gasteiger partial charge in [0.2, 0.25) is 0 Å². The number of halogens is 2. The first-order chi connectivity index (χ1) is 6.65. The molecular weight excluding hydrogens is 227 g/mol. The van der Waals surface area contributed by atoms with Crippen LogP contribution in [-0.4, -0.2) is 18.1 Å². The predicted octanol–water partition coefficient (Wildman–Crippen LogP) is 1.49. The number of nitrogens with zero attached hydrogens (tertiary/aromatic N) is 1. The van der Waals surface area contributed by atoms with Gasteiger partial charge in [-0.25, -0.2) is 4.39 Å². The molecule has 0 aromatic heterocycles. The van der Waals surface area contributed by atoms with Crippen LogP contribution in [0, 0.1) is 15.9 Å². The van der Waals surface area contributed by atoms with Crippen molar-refractivity contribution in [3.8, 4) is 5.75 Å². The molecule has 15 heavy (non-hydrogen) atoms. The molecule has 0 unspecified atom stereocenters. The van der Waals surface area contributed by atoms with Gasteiger partial charge >= 0.3 is 5.69 Å². The van der Waals surface area contributed by atoms with E-state index in [0.29, 0.717) is 0 Å². The normalized spacial score (nSPS) is 9.20. The summed E-state index contributed by atoms with van der Waals surface area (Å²) in [6.45, 7) is 0.404. The highest BCUT2D eigenvalue weighted by atomic mass is 35.5. The van der Waals surface area contributed by atoms with Crippen molar-refractivity contribution in [2.24, 2.45) is 5.73 Å². The molecule has 0 spiro atoms. The van der Waals surface area contributed by atoms with Crippen LogP contribution in [-0.2, 0) is 0 Å². The lowest BCUT2D eigenvalue weighted by atomic mass is 10.3. The average Bonchev–Trinajstić information content (AvgIpc) is 2.15. The molecule has 84 valence electrons. The van der Waals surface area contributed by atoms with Crippen LogP contribution >= 0.6 is 12.4 Å². The van der Waals surface area contributed by atoms with Gasteiger partial charge in [0.1, 0.15) is 12.4 Å². The molecule has 0 aliphatic rings. The number of hydrogen-bond acceptors (Lipinski definition) is 4. The molecule has 5 nitrogen and oxygen atoms in total. The molecule has 0 heterocycles. The number of nitro groups is 1. The van der Waals surface area contributed by atoms with Crippen LogP contribution in [0.2, 0.25) is 0 Å². The minimum atomic E-state index is -0.699. The molecule has 0 saturated heterocycles. The number of ether oxygens (including phenoxy) is 1. The van der Waals surface area contributed by atoms with Gasteiger partial charge in [0.25, 0.3) is 0 Å². The van der Waals surface area contributed by atoms with Crippen molar-refractivity contribution in [1.82, 2.24) is 0 Å². The van der Waals surface area contributed by atoms with E-state index in [1.54, 1.807) is 0 Å². The van der Waals surface area contributed by atoms with E-state index in [9.17, 15) is 14.5 Å². The van der Waals surface area contributed by atoms with Crippen molar-refractivity contribution in [1.29, 1.82) is 0 Å². The van der Waals surface area contributed by atoms with Crippen LogP contribution in [0.5, 0.6) is 5.75 Å². The van der Waals surface area contributed by atoms with Crippen LogP contribution in [0.4, 0.5) is 10.1 Å². The Morgan fingerprint density at radius 3 is 2.73 bits per heavy atom. The largest absolute Gasteiger partial charge is 0.485 e. The van der Waals surface area contributed by atoms with Crippen molar-refractivity contribution in [3.63, 3.8) is 0 Å². The Bertz CT molecular complexity index is 349. The second-order valence-corrected chi connectivity index (χ2v) is 2.51. The maximum atomic E-state index is 12.6. The Balaban J connectivity index is 0.00000196. The molecule has 0 atom stereocenters. The minimum absolute atomic E-state index is 0. The highest BCUT2D eigenvalue weighted by Gasteiger charge is 2.15. The lowest BCUT2D eigenvalue weighted by Gasteiger charge is -2.04. The first-order valence-corrected chi connectivity index (χ1v) is 3.92. The van der Waals surface area contributed by atoms with Crippen LogP contribution in [0.15, 0.2) is 18.2 Å². The number of nitrogens with two attached hydrogens (primary N) is 1. The van der Waals surface area contributed by atoms with Crippen molar-refractivity contribution in [2.75, 3.05) is 13.2 Å². The quantitative estimate of drug-likeness (QED) is 0.635. The van der Waals surface area contributed by atoms with Crippen molar-refractivity contribution < 1.29 is 14.1 Å². The Kier molecular flexibility index (Phi) is 5.58. The molecule has 0 saturated carbocycles. The van der Waals surface area contributed by atoms with Gasteiger partial charge in [-0.05, 0) is 12.1 Å². The smallest absolute Gasteiger partial charge is 0.313 e. The molecule has 2 N–H and O–H groups in total. The zero-order valence-corrected chi connectivity index (χ0v) is 8.50. The van der Waals surface area contributed by atoms with E-state index in [4.69, 9.17) is 10.5 Å². The summed E-state index contributed by atoms with van der Waals surface area (Å²) in [5.74, 6) is -0.640. The monoisotopic (exact) mass is 236 g/mol. The summed E-state index contributed by atoms with van der Waals surface area (Å²) in [6, 6.07) is 3.12. The standard InChI is InChI=1S/C8H9FN2O3.ClH/c9-6-1-2-8(14-4-3-10)7(5-6)11(12)13;/h1-2,5H,3-4,10H2;1H. The number of benzene rings is 1. The third-order valence-corrected chi connectivity index (χ3v) is 1.49. The van der Waals surface area contributed by atoms with Crippen molar-refractivity contribution >= 4 is 18.1 Å².